The molecule has 0 aliphatic carbocycles. The quantitative estimate of drug-likeness (QED) is 0.202. The molecule has 0 spiro atoms. The largest absolute Gasteiger partial charge is 0.506 e. The van der Waals surface area contributed by atoms with E-state index >= 15 is 0 Å². The fourth-order valence-electron chi connectivity index (χ4n) is 4.92. The summed E-state index contributed by atoms with van der Waals surface area (Å²) in [6.45, 7) is 4.11. The van der Waals surface area contributed by atoms with E-state index in [0.29, 0.717) is 43.0 Å². The molecule has 0 radical (unpaired) electrons. The number of ketones is 1. The van der Waals surface area contributed by atoms with Crippen LogP contribution >= 0.6 is 0 Å². The van der Waals surface area contributed by atoms with Gasteiger partial charge in [-0.3, -0.25) is 9.69 Å². The first-order chi connectivity index (χ1) is 19.0. The van der Waals surface area contributed by atoms with Gasteiger partial charge < -0.3 is 24.3 Å². The van der Waals surface area contributed by atoms with Gasteiger partial charge in [-0.2, -0.15) is 0 Å². The third-order valence-corrected chi connectivity index (χ3v) is 6.97. The van der Waals surface area contributed by atoms with Crippen molar-refractivity contribution in [2.45, 2.75) is 12.4 Å². The lowest BCUT2D eigenvalue weighted by molar-refractivity contribution is -0.0881. The van der Waals surface area contributed by atoms with Crippen LogP contribution < -0.4 is 0 Å². The monoisotopic (exact) mass is 529 g/mol. The number of carbonyl (C=O) groups is 1. The Morgan fingerprint density at radius 1 is 1.03 bits per heavy atom. The average Bonchev–Trinajstić information content (AvgIpc) is 3.61. The van der Waals surface area contributed by atoms with Gasteiger partial charge in [-0.05, 0) is 35.9 Å². The van der Waals surface area contributed by atoms with Gasteiger partial charge in [-0.15, -0.1) is 0 Å². The summed E-state index contributed by atoms with van der Waals surface area (Å²) in [5, 5.41) is 11.5. The molecule has 1 aromatic heterocycles. The highest BCUT2D eigenvalue weighted by Gasteiger charge is 2.30. The number of aromatic amines is 1. The fourth-order valence-corrected chi connectivity index (χ4v) is 4.92. The van der Waals surface area contributed by atoms with E-state index in [9.17, 15) is 14.3 Å². The normalized spacial score (nSPS) is 20.7. The molecule has 3 aromatic carbocycles. The predicted octanol–water partition coefficient (Wildman–Crippen LogP) is 4.76. The Morgan fingerprint density at radius 3 is 2.64 bits per heavy atom. The first-order valence-electron chi connectivity index (χ1n) is 12.9. The summed E-state index contributed by atoms with van der Waals surface area (Å²) in [6.07, 6.45) is -0.682. The molecule has 4 aromatic rings. The molecular formula is C30H28FN3O5. The third kappa shape index (κ3) is 5.48. The first-order valence-corrected chi connectivity index (χ1v) is 12.9. The highest BCUT2D eigenvalue weighted by molar-refractivity contribution is 6.33. The summed E-state index contributed by atoms with van der Waals surface area (Å²) >= 11 is 0. The minimum Gasteiger partial charge on any atom is -0.506 e. The highest BCUT2D eigenvalue weighted by atomic mass is 19.1. The summed E-state index contributed by atoms with van der Waals surface area (Å²) in [6, 6.07) is 19.9. The Balaban J connectivity index is 1.33. The summed E-state index contributed by atoms with van der Waals surface area (Å²) < 4.78 is 31.5. The van der Waals surface area contributed by atoms with Gasteiger partial charge in [0, 0.05) is 30.8 Å². The number of H-pyrrole nitrogens is 1. The maximum absolute atomic E-state index is 14.0. The number of aliphatic hydroxyl groups excluding tert-OH is 1. The maximum Gasteiger partial charge on any atom is 0.200 e. The molecule has 2 aliphatic heterocycles. The number of aromatic nitrogens is 2. The van der Waals surface area contributed by atoms with Gasteiger partial charge in [0.2, 0.25) is 5.78 Å². The van der Waals surface area contributed by atoms with Crippen LogP contribution in [0.1, 0.15) is 33.4 Å². The number of rotatable bonds is 7. The molecule has 39 heavy (non-hydrogen) atoms. The van der Waals surface area contributed by atoms with Crippen LogP contribution in [0.15, 0.2) is 72.8 Å². The van der Waals surface area contributed by atoms with Gasteiger partial charge in [0.1, 0.15) is 29.1 Å². The molecule has 6 rings (SSSR count). The van der Waals surface area contributed by atoms with Gasteiger partial charge in [-0.1, -0.05) is 42.5 Å². The molecule has 2 aliphatic rings. The number of allylic oxidation sites excluding steroid dienone is 1. The minimum atomic E-state index is -0.553. The van der Waals surface area contributed by atoms with E-state index < -0.39 is 11.6 Å². The molecular weight excluding hydrogens is 501 g/mol. The van der Waals surface area contributed by atoms with Crippen molar-refractivity contribution in [2.24, 2.45) is 0 Å². The molecule has 200 valence electrons. The van der Waals surface area contributed by atoms with Crippen LogP contribution in [0.5, 0.6) is 0 Å². The lowest BCUT2D eigenvalue weighted by atomic mass is 9.97. The first kappa shape index (κ1) is 25.4. The van der Waals surface area contributed by atoms with Crippen molar-refractivity contribution in [3.05, 3.63) is 101 Å². The van der Waals surface area contributed by atoms with Gasteiger partial charge in [-0.25, -0.2) is 9.37 Å². The van der Waals surface area contributed by atoms with E-state index in [1.54, 1.807) is 18.2 Å². The van der Waals surface area contributed by atoms with Crippen LogP contribution in [0.3, 0.4) is 0 Å². The second kappa shape index (κ2) is 11.1. The summed E-state index contributed by atoms with van der Waals surface area (Å²) in [5.41, 5.74) is 2.62. The minimum absolute atomic E-state index is 0.0530. The molecule has 2 saturated heterocycles. The number of fused-ring (bicyclic) bond motifs is 1. The highest BCUT2D eigenvalue weighted by Crippen LogP contribution is 2.32. The Morgan fingerprint density at radius 2 is 1.82 bits per heavy atom. The van der Waals surface area contributed by atoms with E-state index in [0.717, 1.165) is 24.7 Å². The van der Waals surface area contributed by atoms with Gasteiger partial charge in [0.05, 0.1) is 30.9 Å². The number of nitrogens with one attached hydrogen (secondary N) is 1. The standard InChI is InChI=1S/C30H28FN3O5/c31-22-8-4-7-21(16-22)29(36)27(30-32-23-9-1-2-10-24(23)33-30)28(35)20-6-3-5-19(15-20)25-18-38-26(39-25)17-34-11-13-37-14-12-34/h1-10,15-16,25-26,35H,11-14,17-18H2,(H,32,33)/b28-27+. The van der Waals surface area contributed by atoms with Crippen molar-refractivity contribution < 1.29 is 28.5 Å². The fraction of sp³-hybridized carbons (Fsp3) is 0.267. The SMILES string of the molecule is O=C(/C(=C(\O)c1cccc(C2COC(CN3CCOCC3)O2)c1)c1nc2ccccc2[nH]1)c1cccc(F)c1. The molecule has 9 heteroatoms. The number of Topliss-reactive ketones (excluding diaryl/α,β-unsaturated/α-hetero) is 1. The number of morpholine rings is 1. The number of imidazole rings is 1. The van der Waals surface area contributed by atoms with E-state index in [-0.39, 0.29) is 35.1 Å². The van der Waals surface area contributed by atoms with Crippen molar-refractivity contribution >= 4 is 28.1 Å². The van der Waals surface area contributed by atoms with Gasteiger partial charge >= 0.3 is 0 Å². The number of nitrogens with zero attached hydrogens (tertiary/aromatic N) is 2. The van der Waals surface area contributed by atoms with Crippen molar-refractivity contribution in [1.29, 1.82) is 0 Å². The van der Waals surface area contributed by atoms with E-state index in [1.807, 2.05) is 30.3 Å². The van der Waals surface area contributed by atoms with E-state index in [2.05, 4.69) is 14.9 Å². The van der Waals surface area contributed by atoms with Crippen LogP contribution in [0.25, 0.3) is 22.4 Å². The predicted molar refractivity (Wildman–Crippen MR) is 144 cm³/mol. The Hall–Kier alpha value is -3.89. The number of ether oxygens (including phenoxy) is 3. The smallest absolute Gasteiger partial charge is 0.200 e. The lowest BCUT2D eigenvalue weighted by Gasteiger charge is -2.28. The summed E-state index contributed by atoms with van der Waals surface area (Å²) in [4.78, 5) is 23.6. The Kier molecular flexibility index (Phi) is 7.21. The Bertz CT molecular complexity index is 1490. The van der Waals surface area contributed by atoms with Crippen molar-refractivity contribution in [3.8, 4) is 0 Å². The van der Waals surface area contributed by atoms with E-state index in [4.69, 9.17) is 14.2 Å². The third-order valence-electron chi connectivity index (χ3n) is 6.97. The molecule has 8 nitrogen and oxygen atoms in total. The molecule has 3 heterocycles. The number of halogens is 1. The van der Waals surface area contributed by atoms with Crippen molar-refractivity contribution in [1.82, 2.24) is 14.9 Å². The number of hydrogen-bond donors (Lipinski definition) is 2. The zero-order valence-electron chi connectivity index (χ0n) is 21.2. The average molecular weight is 530 g/mol. The molecule has 0 saturated carbocycles. The molecule has 2 atom stereocenters. The number of aliphatic hydroxyl groups is 1. The number of benzene rings is 3. The lowest BCUT2D eigenvalue weighted by Crippen LogP contribution is -2.41. The second-order valence-corrected chi connectivity index (χ2v) is 9.59. The van der Waals surface area contributed by atoms with Crippen LogP contribution in [0.2, 0.25) is 0 Å². The number of para-hydroxylation sites is 2. The van der Waals surface area contributed by atoms with Crippen LogP contribution in [0.4, 0.5) is 4.39 Å². The van der Waals surface area contributed by atoms with Crippen LogP contribution in [-0.2, 0) is 14.2 Å². The zero-order valence-corrected chi connectivity index (χ0v) is 21.2. The summed E-state index contributed by atoms with van der Waals surface area (Å²) in [7, 11) is 0. The molecule has 2 fully saturated rings. The Labute approximate surface area is 224 Å². The number of hydrogen-bond acceptors (Lipinski definition) is 7. The van der Waals surface area contributed by atoms with Crippen molar-refractivity contribution in [3.63, 3.8) is 0 Å². The van der Waals surface area contributed by atoms with Gasteiger partial charge in [0.15, 0.2) is 6.29 Å². The van der Waals surface area contributed by atoms with Crippen LogP contribution in [0, 0.1) is 5.82 Å². The molecule has 0 bridgehead atoms. The molecule has 2 unspecified atom stereocenters. The van der Waals surface area contributed by atoms with E-state index in [1.165, 1.54) is 18.2 Å². The van der Waals surface area contributed by atoms with Gasteiger partial charge in [0.25, 0.3) is 0 Å². The summed E-state index contributed by atoms with van der Waals surface area (Å²) in [5.74, 6) is -1.17. The maximum atomic E-state index is 14.0. The molecule has 2 N–H and O–H groups in total. The van der Waals surface area contributed by atoms with Crippen molar-refractivity contribution in [2.75, 3.05) is 39.5 Å². The number of carbonyl (C=O) groups excluding carboxylic acids is 1. The molecule has 0 amide bonds. The zero-order chi connectivity index (χ0) is 26.8. The van der Waals surface area contributed by atoms with Crippen LogP contribution in [-0.4, -0.2) is 71.5 Å². The topological polar surface area (TPSA) is 96.9 Å². The second-order valence-electron chi connectivity index (χ2n) is 9.59.